The van der Waals surface area contributed by atoms with Crippen molar-refractivity contribution in [3.05, 3.63) is 30.3 Å². The van der Waals surface area contributed by atoms with Crippen molar-refractivity contribution >= 4 is 66.2 Å². The lowest BCUT2D eigenvalue weighted by molar-refractivity contribution is -0.115. The molecule has 12 heteroatoms. The third kappa shape index (κ3) is 4.78. The van der Waals surface area contributed by atoms with Crippen LogP contribution in [0, 0.1) is 0 Å². The number of benzene rings is 2. The van der Waals surface area contributed by atoms with Gasteiger partial charge < -0.3 is 15.7 Å². The zero-order chi connectivity index (χ0) is 22.1. The number of nitrogens with one attached hydrogen (secondary N) is 2. The van der Waals surface area contributed by atoms with Crippen LogP contribution < -0.4 is 10.6 Å². The molecule has 0 fully saturated rings. The fraction of sp³-hybridized carbons (Fsp3) is 0.167. The zero-order valence-corrected chi connectivity index (χ0v) is 17.8. The molecule has 30 heavy (non-hydrogen) atoms. The van der Waals surface area contributed by atoms with Crippen LogP contribution in [0.3, 0.4) is 0 Å². The maximum atomic E-state index is 11.8. The third-order valence-electron chi connectivity index (χ3n) is 3.83. The first-order valence-corrected chi connectivity index (χ1v) is 11.1. The van der Waals surface area contributed by atoms with Gasteiger partial charge in [0.15, 0.2) is 20.6 Å². The van der Waals surface area contributed by atoms with Gasteiger partial charge in [0.05, 0.1) is 27.5 Å². The van der Waals surface area contributed by atoms with Crippen molar-refractivity contribution in [1.82, 2.24) is 4.37 Å². The molecule has 1 aromatic heterocycles. The van der Waals surface area contributed by atoms with Crippen molar-refractivity contribution in [2.45, 2.75) is 18.7 Å². The number of amides is 2. The van der Waals surface area contributed by atoms with Crippen LogP contribution in [0.5, 0.6) is 5.75 Å². The van der Waals surface area contributed by atoms with E-state index in [0.29, 0.717) is 15.9 Å². The second-order valence-electron chi connectivity index (χ2n) is 6.39. The number of hydrogen-bond donors (Lipinski definition) is 3. The molecule has 0 saturated heterocycles. The van der Waals surface area contributed by atoms with Gasteiger partial charge in [0.25, 0.3) is 0 Å². The Kier molecular flexibility index (Phi) is 5.80. The van der Waals surface area contributed by atoms with E-state index in [4.69, 9.17) is 0 Å². The lowest BCUT2D eigenvalue weighted by atomic mass is 10.2. The number of azo groups is 1. The monoisotopic (exact) mass is 447 g/mol. The van der Waals surface area contributed by atoms with Crippen molar-refractivity contribution in [2.75, 3.05) is 16.9 Å². The van der Waals surface area contributed by atoms with Gasteiger partial charge in [-0.05, 0) is 41.9 Å². The second kappa shape index (κ2) is 8.16. The molecule has 156 valence electrons. The van der Waals surface area contributed by atoms with Crippen LogP contribution in [0.4, 0.5) is 22.1 Å². The number of carbonyl (C=O) groups is 2. The molecular weight excluding hydrogens is 430 g/mol. The number of rotatable bonds is 5. The first kappa shape index (κ1) is 21.3. The summed E-state index contributed by atoms with van der Waals surface area (Å²) in [6.07, 6.45) is 1.11. The number of nitrogens with zero attached hydrogens (tertiary/aromatic N) is 3. The summed E-state index contributed by atoms with van der Waals surface area (Å²) in [6, 6.07) is 7.31. The van der Waals surface area contributed by atoms with Gasteiger partial charge in [-0.15, -0.1) is 10.2 Å². The number of sulfone groups is 1. The standard InChI is InChI=1S/C18H17N5O5S2/c1-9(24)19-15-6-11(7-16(17(15)26)20-10(2)25)21-22-18-13-8-12(30(3,27)28)4-5-14(13)23-29-18/h4-8,26H,1-3H3,(H,19,24)(H,20,25). The molecular formula is C18H17N5O5S2. The van der Waals surface area contributed by atoms with E-state index in [1.54, 1.807) is 6.07 Å². The summed E-state index contributed by atoms with van der Waals surface area (Å²) in [5.41, 5.74) is 0.915. The molecule has 3 aromatic rings. The quantitative estimate of drug-likeness (QED) is 0.400. The average molecular weight is 447 g/mol. The van der Waals surface area contributed by atoms with Gasteiger partial charge in [-0.3, -0.25) is 9.59 Å². The van der Waals surface area contributed by atoms with Gasteiger partial charge in [-0.2, -0.15) is 4.37 Å². The van der Waals surface area contributed by atoms with Crippen molar-refractivity contribution in [2.24, 2.45) is 10.2 Å². The van der Waals surface area contributed by atoms with Crippen molar-refractivity contribution in [3.8, 4) is 5.75 Å². The highest BCUT2D eigenvalue weighted by Crippen LogP contribution is 2.38. The van der Waals surface area contributed by atoms with Crippen molar-refractivity contribution < 1.29 is 23.1 Å². The Bertz CT molecular complexity index is 1260. The predicted molar refractivity (Wildman–Crippen MR) is 114 cm³/mol. The molecule has 3 rings (SSSR count). The number of aromatic nitrogens is 1. The second-order valence-corrected chi connectivity index (χ2v) is 9.16. The minimum absolute atomic E-state index is 0.0521. The first-order chi connectivity index (χ1) is 14.0. The SMILES string of the molecule is CC(=O)Nc1cc(N=Nc2snc3ccc(S(C)(=O)=O)cc23)cc(NC(C)=O)c1O. The fourth-order valence-corrected chi connectivity index (χ4v) is 3.89. The highest BCUT2D eigenvalue weighted by atomic mass is 32.2. The van der Waals surface area contributed by atoms with E-state index in [1.807, 2.05) is 0 Å². The van der Waals surface area contributed by atoms with Gasteiger partial charge in [0, 0.05) is 25.5 Å². The lowest BCUT2D eigenvalue weighted by Gasteiger charge is -2.11. The number of carbonyl (C=O) groups excluding carboxylic acids is 2. The summed E-state index contributed by atoms with van der Waals surface area (Å²) < 4.78 is 27.8. The summed E-state index contributed by atoms with van der Waals surface area (Å²) in [5, 5.41) is 24.3. The van der Waals surface area contributed by atoms with Gasteiger partial charge in [0.1, 0.15) is 0 Å². The largest absolute Gasteiger partial charge is 0.504 e. The zero-order valence-electron chi connectivity index (χ0n) is 16.1. The Hall–Kier alpha value is -3.38. The van der Waals surface area contributed by atoms with Gasteiger partial charge in [-0.25, -0.2) is 8.42 Å². The molecule has 3 N–H and O–H groups in total. The molecule has 0 saturated carbocycles. The highest BCUT2D eigenvalue weighted by Gasteiger charge is 2.14. The number of hydrogen-bond acceptors (Lipinski definition) is 9. The number of aromatic hydroxyl groups is 1. The minimum Gasteiger partial charge on any atom is -0.504 e. The van der Waals surface area contributed by atoms with Crippen LogP contribution in [0.1, 0.15) is 13.8 Å². The number of anilines is 2. The summed E-state index contributed by atoms with van der Waals surface area (Å²) in [5.74, 6) is -1.16. The molecule has 1 heterocycles. The van der Waals surface area contributed by atoms with Crippen LogP contribution in [0.15, 0.2) is 45.5 Å². The van der Waals surface area contributed by atoms with Crippen LogP contribution in [-0.2, 0) is 19.4 Å². The fourth-order valence-electron chi connectivity index (χ4n) is 2.56. The van der Waals surface area contributed by atoms with E-state index in [2.05, 4.69) is 25.2 Å². The van der Waals surface area contributed by atoms with Crippen LogP contribution >= 0.6 is 11.5 Å². The van der Waals surface area contributed by atoms with E-state index in [9.17, 15) is 23.1 Å². The number of fused-ring (bicyclic) bond motifs is 1. The topological polar surface area (TPSA) is 150 Å². The summed E-state index contributed by atoms with van der Waals surface area (Å²) in [6.45, 7) is 2.54. The molecule has 2 amide bonds. The maximum Gasteiger partial charge on any atom is 0.221 e. The Balaban J connectivity index is 2.04. The van der Waals surface area contributed by atoms with E-state index in [0.717, 1.165) is 17.8 Å². The van der Waals surface area contributed by atoms with E-state index in [-0.39, 0.29) is 27.7 Å². The van der Waals surface area contributed by atoms with Crippen LogP contribution in [0.2, 0.25) is 0 Å². The Morgan fingerprint density at radius 1 is 1.03 bits per heavy atom. The van der Waals surface area contributed by atoms with Crippen molar-refractivity contribution in [1.29, 1.82) is 0 Å². The Morgan fingerprint density at radius 3 is 2.17 bits per heavy atom. The molecule has 0 aliphatic carbocycles. The van der Waals surface area contributed by atoms with Crippen LogP contribution in [0.25, 0.3) is 10.9 Å². The third-order valence-corrected chi connectivity index (χ3v) is 5.70. The molecule has 0 bridgehead atoms. The lowest BCUT2D eigenvalue weighted by Crippen LogP contribution is -2.09. The molecule has 0 spiro atoms. The molecule has 0 unspecified atom stereocenters. The molecule has 2 aromatic carbocycles. The maximum absolute atomic E-state index is 11.8. The number of phenolic OH excluding ortho intramolecular Hbond substituents is 1. The molecule has 0 atom stereocenters. The van der Waals surface area contributed by atoms with Crippen LogP contribution in [-0.4, -0.2) is 36.0 Å². The van der Waals surface area contributed by atoms with E-state index in [1.165, 1.54) is 38.1 Å². The molecule has 0 aliphatic rings. The van der Waals surface area contributed by atoms with E-state index < -0.39 is 21.7 Å². The summed E-state index contributed by atoms with van der Waals surface area (Å²) >= 11 is 1.04. The van der Waals surface area contributed by atoms with Gasteiger partial charge >= 0.3 is 0 Å². The summed E-state index contributed by atoms with van der Waals surface area (Å²) in [4.78, 5) is 22.9. The van der Waals surface area contributed by atoms with E-state index >= 15 is 0 Å². The average Bonchev–Trinajstić information content (AvgIpc) is 3.04. The summed E-state index contributed by atoms with van der Waals surface area (Å²) in [7, 11) is -3.40. The normalized spacial score (nSPS) is 11.7. The number of phenols is 1. The molecule has 0 aliphatic heterocycles. The first-order valence-electron chi connectivity index (χ1n) is 8.48. The predicted octanol–water partition coefficient (Wildman–Crippen LogP) is 3.74. The Morgan fingerprint density at radius 2 is 1.63 bits per heavy atom. The molecule has 10 nitrogen and oxygen atoms in total. The van der Waals surface area contributed by atoms with Gasteiger partial charge in [-0.1, -0.05) is 0 Å². The molecule has 0 radical (unpaired) electrons. The Labute approximate surface area is 175 Å². The van der Waals surface area contributed by atoms with Gasteiger partial charge in [0.2, 0.25) is 11.8 Å². The highest BCUT2D eigenvalue weighted by molar-refractivity contribution is 7.90. The minimum atomic E-state index is -3.40. The van der Waals surface area contributed by atoms with Crippen molar-refractivity contribution in [3.63, 3.8) is 0 Å². The smallest absolute Gasteiger partial charge is 0.221 e.